The molecule has 18 heavy (non-hydrogen) atoms. The van der Waals surface area contributed by atoms with E-state index < -0.39 is 13.6 Å². The average Bonchev–Trinajstić information content (AvgIpc) is 2.40. The van der Waals surface area contributed by atoms with Gasteiger partial charge in [-0.1, -0.05) is 36.4 Å². The van der Waals surface area contributed by atoms with Gasteiger partial charge in [-0.3, -0.25) is 4.57 Å². The summed E-state index contributed by atoms with van der Waals surface area (Å²) in [5.41, 5.74) is 0.199. The maximum Gasteiger partial charge on any atom is 0.342 e. The average molecular weight is 261 g/mol. The van der Waals surface area contributed by atoms with E-state index in [1.165, 1.54) is 24.3 Å². The SMILES string of the molecule is O=C(OP(=O)([O-])c1ccccc1)c1ccccc1. The monoisotopic (exact) mass is 261 g/mol. The largest absolute Gasteiger partial charge is 0.765 e. The third-order valence-corrected chi connectivity index (χ3v) is 3.62. The normalized spacial score (nSPS) is 13.6. The molecule has 0 aliphatic rings. The maximum absolute atomic E-state index is 11.8. The van der Waals surface area contributed by atoms with Gasteiger partial charge in [0.2, 0.25) is 7.60 Å². The fourth-order valence-electron chi connectivity index (χ4n) is 1.40. The van der Waals surface area contributed by atoms with Gasteiger partial charge in [-0.2, -0.15) is 0 Å². The first-order chi connectivity index (χ1) is 8.59. The van der Waals surface area contributed by atoms with Crippen LogP contribution in [0.15, 0.2) is 60.7 Å². The van der Waals surface area contributed by atoms with E-state index in [1.807, 2.05) is 0 Å². The lowest BCUT2D eigenvalue weighted by Gasteiger charge is -2.22. The van der Waals surface area contributed by atoms with Crippen molar-refractivity contribution in [3.8, 4) is 0 Å². The zero-order valence-corrected chi connectivity index (χ0v) is 10.2. The summed E-state index contributed by atoms with van der Waals surface area (Å²) in [5, 5.41) is -0.0192. The van der Waals surface area contributed by atoms with Crippen LogP contribution in [0.3, 0.4) is 0 Å². The van der Waals surface area contributed by atoms with Crippen molar-refractivity contribution in [2.45, 2.75) is 0 Å². The number of hydrogen-bond acceptors (Lipinski definition) is 4. The van der Waals surface area contributed by atoms with Crippen molar-refractivity contribution in [1.82, 2.24) is 0 Å². The molecule has 0 saturated carbocycles. The topological polar surface area (TPSA) is 66.4 Å². The Morgan fingerprint density at radius 3 is 2.00 bits per heavy atom. The van der Waals surface area contributed by atoms with Crippen molar-refractivity contribution in [3.05, 3.63) is 66.2 Å². The standard InChI is InChI=1S/C13H11O4P/c14-13(11-7-3-1-4-8-11)17-18(15,16)12-9-5-2-6-10-12/h1-10H,(H,15,16)/p-1. The van der Waals surface area contributed by atoms with Crippen LogP contribution in [0.1, 0.15) is 10.4 Å². The highest BCUT2D eigenvalue weighted by atomic mass is 31.2. The fourth-order valence-corrected chi connectivity index (χ4v) is 2.37. The summed E-state index contributed by atoms with van der Waals surface area (Å²) in [6.45, 7) is 0. The predicted octanol–water partition coefficient (Wildman–Crippen LogP) is 1.72. The molecular formula is C13H10O4P-. The number of carbonyl (C=O) groups excluding carboxylic acids is 1. The van der Waals surface area contributed by atoms with Gasteiger partial charge in [0.1, 0.15) is 0 Å². The second-order valence-corrected chi connectivity index (χ2v) is 5.27. The first-order valence-corrected chi connectivity index (χ1v) is 6.79. The Balaban J connectivity index is 2.19. The Morgan fingerprint density at radius 1 is 0.944 bits per heavy atom. The number of rotatable bonds is 3. The lowest BCUT2D eigenvalue weighted by atomic mass is 10.2. The van der Waals surface area contributed by atoms with E-state index in [2.05, 4.69) is 4.52 Å². The Hall–Kier alpha value is -1.90. The molecule has 0 amide bonds. The van der Waals surface area contributed by atoms with E-state index in [1.54, 1.807) is 36.4 Å². The lowest BCUT2D eigenvalue weighted by Crippen LogP contribution is -2.20. The van der Waals surface area contributed by atoms with Crippen molar-refractivity contribution < 1.29 is 18.8 Å². The van der Waals surface area contributed by atoms with Gasteiger partial charge in [0.15, 0.2) is 0 Å². The maximum atomic E-state index is 11.8. The van der Waals surface area contributed by atoms with Gasteiger partial charge >= 0.3 is 5.97 Å². The molecule has 0 spiro atoms. The summed E-state index contributed by atoms with van der Waals surface area (Å²) in [5.74, 6) is -0.877. The molecule has 0 N–H and O–H groups in total. The molecule has 0 bridgehead atoms. The molecule has 1 atom stereocenters. The molecule has 2 aromatic carbocycles. The molecule has 5 heteroatoms. The number of carbonyl (C=O) groups is 1. The third kappa shape index (κ3) is 2.86. The van der Waals surface area contributed by atoms with Crippen LogP contribution in [0.5, 0.6) is 0 Å². The van der Waals surface area contributed by atoms with E-state index in [9.17, 15) is 14.3 Å². The highest BCUT2D eigenvalue weighted by molar-refractivity contribution is 7.60. The van der Waals surface area contributed by atoms with Gasteiger partial charge < -0.3 is 9.42 Å². The van der Waals surface area contributed by atoms with Gasteiger partial charge in [-0.15, -0.1) is 0 Å². The second kappa shape index (κ2) is 5.17. The fraction of sp³-hybridized carbons (Fsp3) is 0. The number of hydrogen-bond donors (Lipinski definition) is 0. The van der Waals surface area contributed by atoms with Crippen molar-refractivity contribution in [3.63, 3.8) is 0 Å². The van der Waals surface area contributed by atoms with E-state index in [0.29, 0.717) is 0 Å². The number of benzene rings is 2. The quantitative estimate of drug-likeness (QED) is 0.789. The molecular weight excluding hydrogens is 251 g/mol. The zero-order chi connectivity index (χ0) is 13.0. The molecule has 2 rings (SSSR count). The van der Waals surface area contributed by atoms with Gasteiger partial charge in [0, 0.05) is 5.30 Å². The summed E-state index contributed by atoms with van der Waals surface area (Å²) in [7, 11) is -4.37. The molecule has 0 fully saturated rings. The van der Waals surface area contributed by atoms with Crippen molar-refractivity contribution in [2.75, 3.05) is 0 Å². The van der Waals surface area contributed by atoms with Crippen LogP contribution in [-0.2, 0) is 9.09 Å². The lowest BCUT2D eigenvalue weighted by molar-refractivity contribution is -0.189. The third-order valence-electron chi connectivity index (χ3n) is 2.29. The summed E-state index contributed by atoms with van der Waals surface area (Å²) in [6, 6.07) is 15.6. The van der Waals surface area contributed by atoms with Crippen LogP contribution in [0.25, 0.3) is 0 Å². The first-order valence-electron chi connectivity index (χ1n) is 5.25. The Morgan fingerprint density at radius 2 is 1.44 bits per heavy atom. The minimum atomic E-state index is -4.37. The van der Waals surface area contributed by atoms with Crippen LogP contribution < -0.4 is 10.2 Å². The van der Waals surface area contributed by atoms with Gasteiger partial charge in [0.25, 0.3) is 0 Å². The van der Waals surface area contributed by atoms with Crippen molar-refractivity contribution in [1.29, 1.82) is 0 Å². The summed E-state index contributed by atoms with van der Waals surface area (Å²) in [4.78, 5) is 23.4. The van der Waals surface area contributed by atoms with Crippen LogP contribution in [0, 0.1) is 0 Å². The van der Waals surface area contributed by atoms with Crippen LogP contribution in [0.4, 0.5) is 0 Å². The first kappa shape index (κ1) is 12.6. The van der Waals surface area contributed by atoms with Crippen LogP contribution in [-0.4, -0.2) is 5.97 Å². The van der Waals surface area contributed by atoms with E-state index in [0.717, 1.165) is 0 Å². The van der Waals surface area contributed by atoms with Crippen molar-refractivity contribution >= 4 is 18.9 Å². The van der Waals surface area contributed by atoms with Gasteiger partial charge in [0.05, 0.1) is 5.56 Å². The Bertz CT molecular complexity index is 580. The highest BCUT2D eigenvalue weighted by Gasteiger charge is 2.18. The van der Waals surface area contributed by atoms with Crippen LogP contribution in [0.2, 0.25) is 0 Å². The predicted molar refractivity (Wildman–Crippen MR) is 65.5 cm³/mol. The van der Waals surface area contributed by atoms with Crippen LogP contribution >= 0.6 is 7.60 Å². The summed E-state index contributed by atoms with van der Waals surface area (Å²) >= 11 is 0. The summed E-state index contributed by atoms with van der Waals surface area (Å²) < 4.78 is 16.4. The minimum absolute atomic E-state index is 0.0192. The summed E-state index contributed by atoms with van der Waals surface area (Å²) in [6.07, 6.45) is 0. The van der Waals surface area contributed by atoms with Crippen molar-refractivity contribution in [2.24, 2.45) is 0 Å². The van der Waals surface area contributed by atoms with Gasteiger partial charge in [-0.25, -0.2) is 4.79 Å². The van der Waals surface area contributed by atoms with E-state index >= 15 is 0 Å². The molecule has 4 nitrogen and oxygen atoms in total. The molecule has 92 valence electrons. The Kier molecular flexibility index (Phi) is 3.60. The molecule has 0 aliphatic carbocycles. The molecule has 0 saturated heterocycles. The molecule has 2 aromatic rings. The second-order valence-electron chi connectivity index (χ2n) is 3.58. The Labute approximate surface area is 104 Å². The van der Waals surface area contributed by atoms with Gasteiger partial charge in [-0.05, 0) is 24.3 Å². The molecule has 0 radical (unpaired) electrons. The zero-order valence-electron chi connectivity index (χ0n) is 9.35. The minimum Gasteiger partial charge on any atom is -0.765 e. The van der Waals surface area contributed by atoms with E-state index in [-0.39, 0.29) is 10.9 Å². The molecule has 1 unspecified atom stereocenters. The molecule has 0 heterocycles. The molecule has 0 aromatic heterocycles. The van der Waals surface area contributed by atoms with E-state index in [4.69, 9.17) is 0 Å². The highest BCUT2D eigenvalue weighted by Crippen LogP contribution is 2.36. The molecule has 0 aliphatic heterocycles. The smallest absolute Gasteiger partial charge is 0.342 e.